The minimum atomic E-state index is -2.71. The highest BCUT2D eigenvalue weighted by Crippen LogP contribution is 2.58. The highest BCUT2D eigenvalue weighted by molar-refractivity contribution is 8.17. The Bertz CT molecular complexity index is 753. The van der Waals surface area contributed by atoms with Crippen LogP contribution in [0.5, 0.6) is 0 Å². The molecular formula is C21H24NOPS. The number of thioether (sulfide) groups is 1. The van der Waals surface area contributed by atoms with Gasteiger partial charge in [-0.2, -0.15) is 0 Å². The molecule has 0 aromatic heterocycles. The van der Waals surface area contributed by atoms with Crippen molar-refractivity contribution in [3.05, 3.63) is 83.4 Å². The molecule has 2 aromatic carbocycles. The second kappa shape index (κ2) is 8.23. The van der Waals surface area contributed by atoms with E-state index in [2.05, 4.69) is 43.2 Å². The minimum Gasteiger partial charge on any atom is -0.298 e. The molecule has 130 valence electrons. The zero-order chi connectivity index (χ0) is 17.7. The van der Waals surface area contributed by atoms with Crippen LogP contribution < -0.4 is 5.09 Å². The van der Waals surface area contributed by atoms with E-state index in [9.17, 15) is 4.57 Å². The maximum Gasteiger partial charge on any atom is 0.192 e. The Hall–Kier alpha value is -1.54. The maximum absolute atomic E-state index is 13.5. The van der Waals surface area contributed by atoms with Crippen molar-refractivity contribution < 1.29 is 4.57 Å². The van der Waals surface area contributed by atoms with E-state index in [0.29, 0.717) is 5.92 Å². The van der Waals surface area contributed by atoms with E-state index < -0.39 is 7.29 Å². The predicted octanol–water partition coefficient (Wildman–Crippen LogP) is 6.64. The summed E-state index contributed by atoms with van der Waals surface area (Å²) < 4.78 is 13.5. The molecule has 2 aromatic rings. The number of benzene rings is 2. The van der Waals surface area contributed by atoms with Gasteiger partial charge in [-0.15, -0.1) is 0 Å². The van der Waals surface area contributed by atoms with Gasteiger partial charge in [0.05, 0.1) is 0 Å². The van der Waals surface area contributed by atoms with Gasteiger partial charge in [-0.25, -0.2) is 0 Å². The molecule has 1 aliphatic rings. The van der Waals surface area contributed by atoms with Crippen LogP contribution in [0.3, 0.4) is 0 Å². The first-order chi connectivity index (χ1) is 12.1. The monoisotopic (exact) mass is 369 g/mol. The molecule has 1 N–H and O–H groups in total. The fraction of sp³-hybridized carbons (Fsp3) is 0.238. The minimum absolute atomic E-state index is 0.591. The Morgan fingerprint density at radius 3 is 1.80 bits per heavy atom. The molecule has 0 amide bonds. The Morgan fingerprint density at radius 2 is 1.36 bits per heavy atom. The van der Waals surface area contributed by atoms with Gasteiger partial charge >= 0.3 is 0 Å². The van der Waals surface area contributed by atoms with Gasteiger partial charge < -0.3 is 0 Å². The van der Waals surface area contributed by atoms with Crippen LogP contribution in [0.2, 0.25) is 0 Å². The van der Waals surface area contributed by atoms with Gasteiger partial charge in [0.2, 0.25) is 0 Å². The third-order valence-corrected chi connectivity index (χ3v) is 7.53. The van der Waals surface area contributed by atoms with E-state index in [1.54, 1.807) is 11.8 Å². The molecule has 2 nitrogen and oxygen atoms in total. The van der Waals surface area contributed by atoms with Crippen molar-refractivity contribution in [2.75, 3.05) is 6.54 Å². The van der Waals surface area contributed by atoms with Crippen molar-refractivity contribution in [2.45, 2.75) is 20.3 Å². The molecule has 0 aliphatic carbocycles. The molecule has 0 radical (unpaired) electrons. The summed E-state index contributed by atoms with van der Waals surface area (Å²) in [5, 5.41) is 3.32. The van der Waals surface area contributed by atoms with Crippen molar-refractivity contribution in [2.24, 2.45) is 5.92 Å². The lowest BCUT2D eigenvalue weighted by Gasteiger charge is -2.23. The van der Waals surface area contributed by atoms with Crippen LogP contribution >= 0.6 is 19.1 Å². The summed E-state index contributed by atoms with van der Waals surface area (Å²) in [6.45, 7) is 5.13. The van der Waals surface area contributed by atoms with Crippen molar-refractivity contribution in [3.63, 3.8) is 0 Å². The molecule has 0 atom stereocenters. The lowest BCUT2D eigenvalue weighted by molar-refractivity contribution is 0.554. The zero-order valence-electron chi connectivity index (χ0n) is 14.7. The zero-order valence-corrected chi connectivity index (χ0v) is 16.4. The number of nitrogens with one attached hydrogen (secondary N) is 1. The smallest absolute Gasteiger partial charge is 0.192 e. The third kappa shape index (κ3) is 4.98. The summed E-state index contributed by atoms with van der Waals surface area (Å²) in [7, 11) is -2.71. The number of hydrogen-bond acceptors (Lipinski definition) is 2. The first-order valence-electron chi connectivity index (χ1n) is 8.65. The van der Waals surface area contributed by atoms with Crippen molar-refractivity contribution in [1.29, 1.82) is 0 Å². The molecule has 1 heterocycles. The van der Waals surface area contributed by atoms with E-state index in [1.807, 2.05) is 48.0 Å². The van der Waals surface area contributed by atoms with E-state index in [1.165, 1.54) is 0 Å². The molecule has 25 heavy (non-hydrogen) atoms. The van der Waals surface area contributed by atoms with Crippen LogP contribution in [0.25, 0.3) is 9.81 Å². The second-order valence-corrected chi connectivity index (χ2v) is 9.96. The van der Waals surface area contributed by atoms with Crippen molar-refractivity contribution >= 4 is 28.9 Å². The second-order valence-electron chi connectivity index (χ2n) is 6.62. The van der Waals surface area contributed by atoms with Crippen LogP contribution in [-0.4, -0.2) is 6.54 Å². The summed E-state index contributed by atoms with van der Waals surface area (Å²) in [6, 6.07) is 20.4. The molecule has 0 spiro atoms. The lowest BCUT2D eigenvalue weighted by atomic mass is 10.1. The molecular weight excluding hydrogens is 345 g/mol. The molecule has 1 aliphatic heterocycles. The fourth-order valence-corrected chi connectivity index (χ4v) is 6.48. The number of hydrogen-bond donors (Lipinski definition) is 1. The van der Waals surface area contributed by atoms with E-state index in [0.717, 1.165) is 33.9 Å². The standard InChI is InChI=1S/C21H24NOPS/c1-17(2)13-14-22-24(23)15-20(18-9-5-3-6-10-18)25-21(16-24)19-11-7-4-8-12-19/h3-12,15-17H,13-14H2,1-2H3,(H,22,23). The Morgan fingerprint density at radius 1 is 0.880 bits per heavy atom. The van der Waals surface area contributed by atoms with Gasteiger partial charge in [-0.05, 0) is 23.5 Å². The van der Waals surface area contributed by atoms with Gasteiger partial charge in [-0.3, -0.25) is 9.65 Å². The van der Waals surface area contributed by atoms with Crippen LogP contribution in [0.1, 0.15) is 31.4 Å². The van der Waals surface area contributed by atoms with E-state index >= 15 is 0 Å². The van der Waals surface area contributed by atoms with Crippen LogP contribution in [0.4, 0.5) is 0 Å². The van der Waals surface area contributed by atoms with Crippen LogP contribution in [0, 0.1) is 5.92 Å². The summed E-state index contributed by atoms with van der Waals surface area (Å²) in [5.41, 5.74) is 2.22. The van der Waals surface area contributed by atoms with Gasteiger partial charge in [-0.1, -0.05) is 86.3 Å². The highest BCUT2D eigenvalue weighted by atomic mass is 32.2. The third-order valence-electron chi connectivity index (χ3n) is 4.04. The Balaban J connectivity index is 1.94. The maximum atomic E-state index is 13.5. The molecule has 3 rings (SSSR count). The summed E-state index contributed by atoms with van der Waals surface area (Å²) in [4.78, 5) is 2.12. The molecule has 0 bridgehead atoms. The van der Waals surface area contributed by atoms with E-state index in [4.69, 9.17) is 0 Å². The van der Waals surface area contributed by atoms with Crippen LogP contribution in [-0.2, 0) is 4.57 Å². The van der Waals surface area contributed by atoms with Crippen molar-refractivity contribution in [1.82, 2.24) is 5.09 Å². The predicted molar refractivity (Wildman–Crippen MR) is 111 cm³/mol. The Labute approximate surface area is 154 Å². The fourth-order valence-electron chi connectivity index (χ4n) is 2.65. The summed E-state index contributed by atoms with van der Waals surface area (Å²) in [5.74, 6) is 4.45. The lowest BCUT2D eigenvalue weighted by Crippen LogP contribution is -2.13. The van der Waals surface area contributed by atoms with Crippen LogP contribution in [0.15, 0.2) is 72.3 Å². The normalized spacial score (nSPS) is 16.4. The average molecular weight is 369 g/mol. The van der Waals surface area contributed by atoms with Gasteiger partial charge in [0.25, 0.3) is 0 Å². The summed E-state index contributed by atoms with van der Waals surface area (Å²) >= 11 is 1.69. The average Bonchev–Trinajstić information content (AvgIpc) is 2.62. The number of rotatable bonds is 6. The summed E-state index contributed by atoms with van der Waals surface area (Å²) in [6.07, 6.45) is 1.01. The SMILES string of the molecule is CC(C)CCNP1(=O)C=C(c2ccccc2)SC(c2ccccc2)=C1. The molecule has 4 heteroatoms. The van der Waals surface area contributed by atoms with Crippen molar-refractivity contribution in [3.8, 4) is 0 Å². The molecule has 0 saturated heterocycles. The molecule has 0 unspecified atom stereocenters. The topological polar surface area (TPSA) is 29.1 Å². The Kier molecular flexibility index (Phi) is 6.01. The van der Waals surface area contributed by atoms with Gasteiger partial charge in [0.15, 0.2) is 7.29 Å². The highest BCUT2D eigenvalue weighted by Gasteiger charge is 2.25. The van der Waals surface area contributed by atoms with Gasteiger partial charge in [0.1, 0.15) is 0 Å². The molecule has 0 fully saturated rings. The largest absolute Gasteiger partial charge is 0.298 e. The molecule has 0 saturated carbocycles. The first-order valence-corrected chi connectivity index (χ1v) is 11.3. The van der Waals surface area contributed by atoms with E-state index in [-0.39, 0.29) is 0 Å². The quantitative estimate of drug-likeness (QED) is 0.578. The first kappa shape index (κ1) is 18.3. The van der Waals surface area contributed by atoms with Gasteiger partial charge in [0, 0.05) is 28.0 Å².